The number of anilines is 1. The molecule has 2 amide bonds. The van der Waals surface area contributed by atoms with Crippen molar-refractivity contribution < 1.29 is 9.59 Å². The van der Waals surface area contributed by atoms with Crippen LogP contribution in [0.4, 0.5) is 5.82 Å². The second-order valence-corrected chi connectivity index (χ2v) is 3.12. The summed E-state index contributed by atoms with van der Waals surface area (Å²) >= 11 is 0. The maximum absolute atomic E-state index is 11.6. The molecule has 1 aromatic rings. The van der Waals surface area contributed by atoms with Gasteiger partial charge >= 0.3 is 0 Å². The molecular weight excluding hydrogens is 208 g/mol. The summed E-state index contributed by atoms with van der Waals surface area (Å²) in [5.74, 6) is -0.0391. The van der Waals surface area contributed by atoms with Crippen molar-refractivity contribution in [1.29, 1.82) is 0 Å². The molecule has 6 nitrogen and oxygen atoms in total. The maximum Gasteiger partial charge on any atom is 0.255 e. The van der Waals surface area contributed by atoms with Crippen LogP contribution in [0.5, 0.6) is 0 Å². The summed E-state index contributed by atoms with van der Waals surface area (Å²) in [6.45, 7) is 1.01. The van der Waals surface area contributed by atoms with E-state index in [0.717, 1.165) is 0 Å². The zero-order valence-electron chi connectivity index (χ0n) is 8.77. The molecule has 6 heteroatoms. The Morgan fingerprint density at radius 1 is 1.50 bits per heavy atom. The Morgan fingerprint density at radius 3 is 3.00 bits per heavy atom. The van der Waals surface area contributed by atoms with Crippen LogP contribution in [0.25, 0.3) is 0 Å². The molecule has 0 spiro atoms. The Balaban J connectivity index is 2.36. The Bertz CT molecular complexity index is 368. The van der Waals surface area contributed by atoms with E-state index in [1.807, 2.05) is 0 Å². The van der Waals surface area contributed by atoms with Crippen molar-refractivity contribution >= 4 is 18.1 Å². The number of amides is 2. The molecule has 0 saturated heterocycles. The van der Waals surface area contributed by atoms with Gasteiger partial charge in [-0.1, -0.05) is 0 Å². The zero-order valence-corrected chi connectivity index (χ0v) is 8.77. The van der Waals surface area contributed by atoms with Gasteiger partial charge in [0.05, 0.1) is 5.56 Å². The summed E-state index contributed by atoms with van der Waals surface area (Å²) in [6, 6.07) is 3.26. The fourth-order valence-corrected chi connectivity index (χ4v) is 1.16. The first kappa shape index (κ1) is 12.0. The number of nitrogens with one attached hydrogen (secondary N) is 2. The van der Waals surface area contributed by atoms with E-state index in [-0.39, 0.29) is 11.7 Å². The predicted octanol–water partition coefficient (Wildman–Crippen LogP) is -0.470. The molecular formula is C10H14N4O2. The van der Waals surface area contributed by atoms with E-state index in [1.54, 1.807) is 12.1 Å². The molecule has 4 N–H and O–H groups in total. The van der Waals surface area contributed by atoms with Crippen LogP contribution < -0.4 is 16.4 Å². The topological polar surface area (TPSA) is 97.1 Å². The van der Waals surface area contributed by atoms with E-state index in [1.165, 1.54) is 6.20 Å². The predicted molar refractivity (Wildman–Crippen MR) is 59.7 cm³/mol. The van der Waals surface area contributed by atoms with Crippen LogP contribution in [0, 0.1) is 0 Å². The molecule has 1 heterocycles. The van der Waals surface area contributed by atoms with Crippen LogP contribution in [0.2, 0.25) is 0 Å². The molecule has 0 aromatic carbocycles. The van der Waals surface area contributed by atoms with Crippen LogP contribution in [-0.4, -0.2) is 30.4 Å². The highest BCUT2D eigenvalue weighted by atomic mass is 16.1. The smallest absolute Gasteiger partial charge is 0.255 e. The van der Waals surface area contributed by atoms with Gasteiger partial charge in [0.2, 0.25) is 6.41 Å². The molecule has 0 fully saturated rings. The highest BCUT2D eigenvalue weighted by Gasteiger charge is 2.08. The van der Waals surface area contributed by atoms with E-state index < -0.39 is 0 Å². The summed E-state index contributed by atoms with van der Waals surface area (Å²) < 4.78 is 0. The van der Waals surface area contributed by atoms with Crippen LogP contribution in [-0.2, 0) is 4.79 Å². The molecule has 0 unspecified atom stereocenters. The monoisotopic (exact) mass is 222 g/mol. The third kappa shape index (κ3) is 3.56. The third-order valence-electron chi connectivity index (χ3n) is 1.95. The van der Waals surface area contributed by atoms with Gasteiger partial charge in [0.25, 0.3) is 5.91 Å². The highest BCUT2D eigenvalue weighted by Crippen LogP contribution is 2.05. The minimum atomic E-state index is -0.253. The zero-order chi connectivity index (χ0) is 11.8. The van der Waals surface area contributed by atoms with E-state index in [9.17, 15) is 9.59 Å². The largest absolute Gasteiger partial charge is 0.383 e. The Labute approximate surface area is 93.2 Å². The number of aromatic nitrogens is 1. The van der Waals surface area contributed by atoms with Gasteiger partial charge in [0, 0.05) is 19.3 Å². The van der Waals surface area contributed by atoms with Crippen LogP contribution in [0.15, 0.2) is 18.3 Å². The average molecular weight is 222 g/mol. The number of carbonyl (C=O) groups is 2. The first-order valence-electron chi connectivity index (χ1n) is 4.91. The third-order valence-corrected chi connectivity index (χ3v) is 1.95. The number of rotatable bonds is 6. The molecule has 0 aliphatic rings. The molecule has 0 aliphatic carbocycles. The second kappa shape index (κ2) is 6.39. The number of carbonyl (C=O) groups excluding carboxylic acids is 2. The lowest BCUT2D eigenvalue weighted by Crippen LogP contribution is -2.27. The maximum atomic E-state index is 11.6. The quantitative estimate of drug-likeness (QED) is 0.447. The minimum Gasteiger partial charge on any atom is -0.383 e. The second-order valence-electron chi connectivity index (χ2n) is 3.12. The minimum absolute atomic E-state index is 0.214. The average Bonchev–Trinajstić information content (AvgIpc) is 2.29. The van der Waals surface area contributed by atoms with E-state index in [0.29, 0.717) is 31.5 Å². The molecule has 1 rings (SSSR count). The fraction of sp³-hybridized carbons (Fsp3) is 0.300. The molecule has 0 aliphatic heterocycles. The molecule has 16 heavy (non-hydrogen) atoms. The number of nitrogen functional groups attached to an aromatic ring is 1. The summed E-state index contributed by atoms with van der Waals surface area (Å²) in [7, 11) is 0. The first-order valence-corrected chi connectivity index (χ1v) is 4.91. The Hall–Kier alpha value is -2.11. The molecule has 0 atom stereocenters. The number of nitrogens with zero attached hydrogens (tertiary/aromatic N) is 1. The van der Waals surface area contributed by atoms with Gasteiger partial charge in [-0.3, -0.25) is 9.59 Å². The SMILES string of the molecule is Nc1ncccc1C(=O)NCCCNC=O. The van der Waals surface area contributed by atoms with Crippen molar-refractivity contribution in [1.82, 2.24) is 15.6 Å². The molecule has 0 saturated carbocycles. The number of hydrogen-bond donors (Lipinski definition) is 3. The van der Waals surface area contributed by atoms with Crippen molar-refractivity contribution in [2.75, 3.05) is 18.8 Å². The Kier molecular flexibility index (Phi) is 4.78. The van der Waals surface area contributed by atoms with Crippen molar-refractivity contribution in [2.24, 2.45) is 0 Å². The van der Waals surface area contributed by atoms with Crippen LogP contribution in [0.3, 0.4) is 0 Å². The number of pyridine rings is 1. The lowest BCUT2D eigenvalue weighted by Gasteiger charge is -2.06. The number of hydrogen-bond acceptors (Lipinski definition) is 4. The van der Waals surface area contributed by atoms with Gasteiger partial charge in [0.15, 0.2) is 0 Å². The van der Waals surface area contributed by atoms with Gasteiger partial charge in [-0.05, 0) is 18.6 Å². The molecule has 86 valence electrons. The van der Waals surface area contributed by atoms with Gasteiger partial charge in [-0.15, -0.1) is 0 Å². The van der Waals surface area contributed by atoms with E-state index in [2.05, 4.69) is 15.6 Å². The standard InChI is InChI=1S/C10H14N4O2/c11-9-8(3-1-5-13-9)10(16)14-6-2-4-12-7-15/h1,3,5,7H,2,4,6H2,(H2,11,13)(H,12,15)(H,14,16). The van der Waals surface area contributed by atoms with E-state index >= 15 is 0 Å². The molecule has 1 aromatic heterocycles. The van der Waals surface area contributed by atoms with Gasteiger partial charge in [-0.25, -0.2) is 4.98 Å². The van der Waals surface area contributed by atoms with Crippen molar-refractivity contribution in [3.05, 3.63) is 23.9 Å². The lowest BCUT2D eigenvalue weighted by molar-refractivity contribution is -0.109. The Morgan fingerprint density at radius 2 is 2.31 bits per heavy atom. The molecule has 0 radical (unpaired) electrons. The van der Waals surface area contributed by atoms with Crippen molar-refractivity contribution in [3.8, 4) is 0 Å². The number of nitrogens with two attached hydrogens (primary N) is 1. The van der Waals surface area contributed by atoms with E-state index in [4.69, 9.17) is 5.73 Å². The normalized spacial score (nSPS) is 9.50. The van der Waals surface area contributed by atoms with Crippen molar-refractivity contribution in [2.45, 2.75) is 6.42 Å². The summed E-state index contributed by atoms with van der Waals surface area (Å²) in [5.41, 5.74) is 5.91. The van der Waals surface area contributed by atoms with Crippen LogP contribution >= 0.6 is 0 Å². The fourth-order valence-electron chi connectivity index (χ4n) is 1.16. The van der Waals surface area contributed by atoms with Crippen molar-refractivity contribution in [3.63, 3.8) is 0 Å². The van der Waals surface area contributed by atoms with Crippen LogP contribution in [0.1, 0.15) is 16.8 Å². The summed E-state index contributed by atoms with van der Waals surface area (Å²) in [5, 5.41) is 5.19. The van der Waals surface area contributed by atoms with Gasteiger partial charge in [0.1, 0.15) is 5.82 Å². The molecule has 0 bridgehead atoms. The summed E-state index contributed by atoms with van der Waals surface area (Å²) in [6.07, 6.45) is 2.83. The highest BCUT2D eigenvalue weighted by molar-refractivity contribution is 5.98. The summed E-state index contributed by atoms with van der Waals surface area (Å²) in [4.78, 5) is 25.3. The lowest BCUT2D eigenvalue weighted by atomic mass is 10.2. The van der Waals surface area contributed by atoms with Gasteiger partial charge in [-0.2, -0.15) is 0 Å². The van der Waals surface area contributed by atoms with Gasteiger partial charge < -0.3 is 16.4 Å². The first-order chi connectivity index (χ1) is 7.75.